The lowest BCUT2D eigenvalue weighted by molar-refractivity contribution is -0.00951. The van der Waals surface area contributed by atoms with Gasteiger partial charge in [0, 0.05) is 7.14 Å². The van der Waals surface area contributed by atoms with Crippen LogP contribution < -0.4 is 0 Å². The minimum absolute atomic E-state index is 0.0161. The molecule has 106 valence electrons. The van der Waals surface area contributed by atoms with Crippen LogP contribution in [0.3, 0.4) is 0 Å². The minimum Gasteiger partial charge on any atom is -0.454 e. The summed E-state index contributed by atoms with van der Waals surface area (Å²) >= 11 is 3.85. The Labute approximate surface area is 134 Å². The Hall–Kier alpha value is -0.0800. The van der Waals surface area contributed by atoms with Crippen molar-refractivity contribution in [3.63, 3.8) is 0 Å². The van der Waals surface area contributed by atoms with Crippen molar-refractivity contribution in [2.24, 2.45) is 0 Å². The molecule has 5 nitrogen and oxygen atoms in total. The zero-order valence-corrected chi connectivity index (χ0v) is 14.1. The van der Waals surface area contributed by atoms with Gasteiger partial charge in [-0.1, -0.05) is 0 Å². The summed E-state index contributed by atoms with van der Waals surface area (Å²) in [5, 5.41) is -4.53. The fraction of sp³-hybridized carbons (Fsp3) is 0.222. The van der Waals surface area contributed by atoms with Gasteiger partial charge in [-0.3, -0.25) is 4.55 Å². The van der Waals surface area contributed by atoms with Crippen molar-refractivity contribution in [2.75, 3.05) is 6.61 Å². The highest BCUT2D eigenvalue weighted by Crippen LogP contribution is 2.22. The van der Waals surface area contributed by atoms with Gasteiger partial charge in [-0.15, -0.1) is 0 Å². The monoisotopic (exact) mass is 518 g/mol. The molecule has 0 radical (unpaired) electrons. The summed E-state index contributed by atoms with van der Waals surface area (Å²) < 4.78 is 60.2. The molecule has 0 aliphatic rings. The van der Waals surface area contributed by atoms with E-state index in [4.69, 9.17) is 4.55 Å². The van der Waals surface area contributed by atoms with E-state index in [-0.39, 0.29) is 5.56 Å². The van der Waals surface area contributed by atoms with Crippen LogP contribution in [0.5, 0.6) is 0 Å². The summed E-state index contributed by atoms with van der Waals surface area (Å²) in [6.07, 6.45) is 0. The molecule has 0 spiro atoms. The van der Waals surface area contributed by atoms with E-state index in [0.717, 1.165) is 0 Å². The highest BCUT2D eigenvalue weighted by atomic mass is 127. The van der Waals surface area contributed by atoms with Gasteiger partial charge in [0.05, 0.1) is 5.56 Å². The average molecular weight is 518 g/mol. The van der Waals surface area contributed by atoms with Crippen LogP contribution in [-0.4, -0.2) is 30.8 Å². The second-order valence-electron chi connectivity index (χ2n) is 3.35. The Kier molecular flexibility index (Phi) is 5.48. The molecule has 1 aromatic rings. The highest BCUT2D eigenvalue weighted by Gasteiger charge is 2.45. The Morgan fingerprint density at radius 2 is 1.74 bits per heavy atom. The number of benzene rings is 1. The van der Waals surface area contributed by atoms with Crippen molar-refractivity contribution in [1.82, 2.24) is 0 Å². The van der Waals surface area contributed by atoms with Crippen LogP contribution in [0, 0.1) is 7.14 Å². The second-order valence-corrected chi connectivity index (χ2v) is 7.39. The van der Waals surface area contributed by atoms with Gasteiger partial charge in [-0.25, -0.2) is 4.79 Å². The summed E-state index contributed by atoms with van der Waals surface area (Å²) in [6.45, 7) is -1.74. The molecular formula is C9H6F2I2O5S. The van der Waals surface area contributed by atoms with Crippen LogP contribution in [0.15, 0.2) is 18.2 Å². The summed E-state index contributed by atoms with van der Waals surface area (Å²) in [5.41, 5.74) is 0.0161. The van der Waals surface area contributed by atoms with Crippen molar-refractivity contribution in [3.8, 4) is 0 Å². The Morgan fingerprint density at radius 3 is 2.16 bits per heavy atom. The Bertz CT molecular complexity index is 582. The van der Waals surface area contributed by atoms with Gasteiger partial charge >= 0.3 is 21.3 Å². The molecule has 0 aromatic heterocycles. The maximum absolute atomic E-state index is 12.8. The number of ether oxygens (including phenoxy) is 1. The molecular weight excluding hydrogens is 512 g/mol. The first kappa shape index (κ1) is 17.0. The lowest BCUT2D eigenvalue weighted by atomic mass is 10.2. The third kappa shape index (κ3) is 4.75. The van der Waals surface area contributed by atoms with E-state index in [9.17, 15) is 22.0 Å². The quantitative estimate of drug-likeness (QED) is 0.377. The van der Waals surface area contributed by atoms with Gasteiger partial charge in [0.2, 0.25) is 0 Å². The zero-order chi connectivity index (χ0) is 14.8. The number of halogens is 4. The largest absolute Gasteiger partial charge is 0.454 e. The minimum atomic E-state index is -5.61. The normalized spacial score (nSPS) is 12.3. The van der Waals surface area contributed by atoms with Crippen molar-refractivity contribution in [1.29, 1.82) is 0 Å². The summed E-state index contributed by atoms with van der Waals surface area (Å²) in [7, 11) is -5.61. The molecule has 0 fully saturated rings. The molecule has 10 heteroatoms. The number of carbonyl (C=O) groups is 1. The smallest absolute Gasteiger partial charge is 0.402 e. The number of esters is 1. The molecule has 0 bridgehead atoms. The fourth-order valence-corrected chi connectivity index (χ4v) is 3.12. The van der Waals surface area contributed by atoms with E-state index in [1.54, 1.807) is 6.07 Å². The van der Waals surface area contributed by atoms with E-state index < -0.39 is 27.9 Å². The van der Waals surface area contributed by atoms with Crippen LogP contribution in [0.4, 0.5) is 8.78 Å². The average Bonchev–Trinajstić information content (AvgIpc) is 2.23. The van der Waals surface area contributed by atoms with Crippen molar-refractivity contribution in [3.05, 3.63) is 30.9 Å². The van der Waals surface area contributed by atoms with E-state index >= 15 is 0 Å². The maximum atomic E-state index is 12.8. The van der Waals surface area contributed by atoms with Gasteiger partial charge in [0.1, 0.15) is 0 Å². The van der Waals surface area contributed by atoms with Gasteiger partial charge in [-0.05, 0) is 63.4 Å². The zero-order valence-electron chi connectivity index (χ0n) is 8.94. The van der Waals surface area contributed by atoms with Gasteiger partial charge < -0.3 is 4.74 Å². The van der Waals surface area contributed by atoms with Crippen LogP contribution >= 0.6 is 45.2 Å². The predicted molar refractivity (Wildman–Crippen MR) is 78.7 cm³/mol. The topological polar surface area (TPSA) is 80.7 Å². The first-order valence-corrected chi connectivity index (χ1v) is 8.11. The standard InChI is InChI=1S/C9H6F2I2O5S/c10-9(11,19(15,16)17)4-18-8(14)5-1-6(12)3-7(13)2-5/h1-3H,4H2,(H,15,16,17). The van der Waals surface area contributed by atoms with Crippen LogP contribution in [0.2, 0.25) is 0 Å². The molecule has 0 heterocycles. The van der Waals surface area contributed by atoms with E-state index in [2.05, 4.69) is 4.74 Å². The van der Waals surface area contributed by atoms with E-state index in [0.29, 0.717) is 7.14 Å². The molecule has 0 amide bonds. The molecule has 19 heavy (non-hydrogen) atoms. The molecule has 0 saturated heterocycles. The molecule has 0 saturated carbocycles. The van der Waals surface area contributed by atoms with Crippen LogP contribution in [0.1, 0.15) is 10.4 Å². The SMILES string of the molecule is O=C(OCC(F)(F)S(=O)(=O)O)c1cc(I)cc(I)c1. The predicted octanol–water partition coefficient (Wildman–Crippen LogP) is 2.53. The number of hydrogen-bond donors (Lipinski definition) is 1. The fourth-order valence-electron chi connectivity index (χ4n) is 0.979. The molecule has 0 atom stereocenters. The summed E-state index contributed by atoms with van der Waals surface area (Å²) in [6, 6.07) is 4.54. The molecule has 1 N–H and O–H groups in total. The lowest BCUT2D eigenvalue weighted by Gasteiger charge is -2.13. The molecule has 0 aliphatic heterocycles. The Morgan fingerprint density at radius 1 is 1.26 bits per heavy atom. The van der Waals surface area contributed by atoms with Crippen LogP contribution in [-0.2, 0) is 14.9 Å². The second kappa shape index (κ2) is 6.13. The van der Waals surface area contributed by atoms with Crippen molar-refractivity contribution in [2.45, 2.75) is 5.25 Å². The number of rotatable bonds is 4. The summed E-state index contributed by atoms with van der Waals surface area (Å²) in [4.78, 5) is 11.5. The van der Waals surface area contributed by atoms with Gasteiger partial charge in [-0.2, -0.15) is 17.2 Å². The van der Waals surface area contributed by atoms with E-state index in [1.165, 1.54) is 12.1 Å². The number of alkyl halides is 2. The highest BCUT2D eigenvalue weighted by molar-refractivity contribution is 14.1. The molecule has 1 rings (SSSR count). The first-order chi connectivity index (χ1) is 8.53. The maximum Gasteiger partial charge on any atom is 0.402 e. The number of carbonyl (C=O) groups excluding carboxylic acids is 1. The molecule has 0 unspecified atom stereocenters. The molecule has 0 aliphatic carbocycles. The van der Waals surface area contributed by atoms with E-state index in [1.807, 2.05) is 45.2 Å². The Balaban J connectivity index is 2.82. The van der Waals surface area contributed by atoms with Gasteiger partial charge in [0.25, 0.3) is 0 Å². The van der Waals surface area contributed by atoms with Gasteiger partial charge in [0.15, 0.2) is 6.61 Å². The van der Waals surface area contributed by atoms with Crippen molar-refractivity contribution < 1.29 is 31.3 Å². The third-order valence-electron chi connectivity index (χ3n) is 1.85. The summed E-state index contributed by atoms with van der Waals surface area (Å²) in [5.74, 6) is -1.10. The molecule has 1 aromatic carbocycles. The third-order valence-corrected chi connectivity index (χ3v) is 3.97. The lowest BCUT2D eigenvalue weighted by Crippen LogP contribution is -2.34. The first-order valence-electron chi connectivity index (χ1n) is 4.51. The van der Waals surface area contributed by atoms with Crippen molar-refractivity contribution >= 4 is 61.3 Å². The number of hydrogen-bond acceptors (Lipinski definition) is 4. The van der Waals surface area contributed by atoms with Crippen LogP contribution in [0.25, 0.3) is 0 Å².